The third-order valence-corrected chi connectivity index (χ3v) is 1.91. The largest absolute Gasteiger partial charge is 0.478 e. The molecule has 76 valence electrons. The smallest absolute Gasteiger partial charge is 0.332 e. The van der Waals surface area contributed by atoms with E-state index in [9.17, 15) is 9.90 Å². The van der Waals surface area contributed by atoms with Crippen molar-refractivity contribution in [3.63, 3.8) is 0 Å². The van der Waals surface area contributed by atoms with Crippen molar-refractivity contribution in [3.8, 4) is 0 Å². The molecule has 4 nitrogen and oxygen atoms in total. The van der Waals surface area contributed by atoms with E-state index in [0.29, 0.717) is 13.0 Å². The van der Waals surface area contributed by atoms with Gasteiger partial charge in [0.25, 0.3) is 0 Å². The number of carbonyl (C=O) groups is 1. The zero-order chi connectivity index (χ0) is 10.5. The van der Waals surface area contributed by atoms with Gasteiger partial charge in [0, 0.05) is 18.7 Å². The van der Waals surface area contributed by atoms with Crippen molar-refractivity contribution in [3.05, 3.63) is 12.2 Å². The Morgan fingerprint density at radius 2 is 2.15 bits per heavy atom. The van der Waals surface area contributed by atoms with Crippen molar-refractivity contribution in [2.24, 2.45) is 0 Å². The van der Waals surface area contributed by atoms with E-state index in [0.717, 1.165) is 0 Å². The van der Waals surface area contributed by atoms with Crippen LogP contribution >= 0.6 is 0 Å². The molecule has 0 fully saturated rings. The lowest BCUT2D eigenvalue weighted by molar-refractivity contribution is -0.132. The van der Waals surface area contributed by atoms with E-state index in [2.05, 4.69) is 11.9 Å². The first-order valence-corrected chi connectivity index (χ1v) is 4.23. The molecule has 0 aromatic heterocycles. The molecule has 1 unspecified atom stereocenters. The fourth-order valence-electron chi connectivity index (χ4n) is 0.683. The fraction of sp³-hybridized carbons (Fsp3) is 0.667. The van der Waals surface area contributed by atoms with Gasteiger partial charge in [0.05, 0.1) is 5.60 Å². The van der Waals surface area contributed by atoms with Gasteiger partial charge < -0.3 is 15.5 Å². The normalized spacial score (nSPS) is 15.0. The number of nitrogens with one attached hydrogen (secondary N) is 1. The quantitative estimate of drug-likeness (QED) is 0.526. The van der Waals surface area contributed by atoms with E-state index in [4.69, 9.17) is 5.11 Å². The first-order valence-electron chi connectivity index (χ1n) is 4.23. The highest BCUT2D eigenvalue weighted by Gasteiger charge is 2.16. The molecule has 0 bridgehead atoms. The Kier molecular flexibility index (Phi) is 4.66. The van der Waals surface area contributed by atoms with Gasteiger partial charge in [0.1, 0.15) is 0 Å². The van der Waals surface area contributed by atoms with Crippen LogP contribution in [-0.4, -0.2) is 34.9 Å². The number of rotatable bonds is 6. The summed E-state index contributed by atoms with van der Waals surface area (Å²) in [7, 11) is 0. The molecule has 0 heterocycles. The second-order valence-electron chi connectivity index (χ2n) is 3.36. The monoisotopic (exact) mass is 187 g/mol. The van der Waals surface area contributed by atoms with Crippen molar-refractivity contribution in [2.45, 2.75) is 25.9 Å². The molecule has 0 radical (unpaired) electrons. The lowest BCUT2D eigenvalue weighted by Crippen LogP contribution is -2.38. The zero-order valence-corrected chi connectivity index (χ0v) is 8.13. The van der Waals surface area contributed by atoms with Gasteiger partial charge in [0.2, 0.25) is 0 Å². The molecule has 0 rings (SSSR count). The molecule has 0 aliphatic rings. The Morgan fingerprint density at radius 1 is 1.62 bits per heavy atom. The van der Waals surface area contributed by atoms with Crippen LogP contribution in [0.5, 0.6) is 0 Å². The molecule has 0 spiro atoms. The molecule has 4 heteroatoms. The minimum absolute atomic E-state index is 0.104. The number of aliphatic hydroxyl groups is 1. The van der Waals surface area contributed by atoms with Crippen LogP contribution < -0.4 is 5.32 Å². The maximum atomic E-state index is 10.3. The number of carboxylic acids is 1. The van der Waals surface area contributed by atoms with Gasteiger partial charge in [-0.2, -0.15) is 0 Å². The van der Waals surface area contributed by atoms with Gasteiger partial charge in [-0.15, -0.1) is 0 Å². The van der Waals surface area contributed by atoms with Gasteiger partial charge in [-0.3, -0.25) is 0 Å². The molecule has 0 aromatic rings. The van der Waals surface area contributed by atoms with Gasteiger partial charge in [-0.1, -0.05) is 13.5 Å². The summed E-state index contributed by atoms with van der Waals surface area (Å²) in [6.07, 6.45) is 0.625. The topological polar surface area (TPSA) is 69.6 Å². The highest BCUT2D eigenvalue weighted by molar-refractivity contribution is 5.86. The molecule has 0 amide bonds. The van der Waals surface area contributed by atoms with Crippen molar-refractivity contribution in [2.75, 3.05) is 13.1 Å². The predicted octanol–water partition coefficient (Wildman–Crippen LogP) is 0.378. The highest BCUT2D eigenvalue weighted by Crippen LogP contribution is 2.05. The van der Waals surface area contributed by atoms with Gasteiger partial charge in [-0.25, -0.2) is 4.79 Å². The van der Waals surface area contributed by atoms with E-state index in [1.54, 1.807) is 6.92 Å². The second-order valence-corrected chi connectivity index (χ2v) is 3.36. The number of hydrogen-bond donors (Lipinski definition) is 3. The van der Waals surface area contributed by atoms with Crippen LogP contribution in [0.3, 0.4) is 0 Å². The standard InChI is InChI=1S/C9H17NO3/c1-4-9(3,13)6-10-5-7(2)8(11)12/h10,13H,2,4-6H2,1,3H3,(H,11,12). The maximum absolute atomic E-state index is 10.3. The summed E-state index contributed by atoms with van der Waals surface area (Å²) in [5.74, 6) is -1.01. The minimum atomic E-state index is -1.01. The van der Waals surface area contributed by atoms with E-state index < -0.39 is 11.6 Å². The molecule has 1 atom stereocenters. The second kappa shape index (κ2) is 4.99. The first kappa shape index (κ1) is 12.1. The average molecular weight is 187 g/mol. The summed E-state index contributed by atoms with van der Waals surface area (Å²) in [4.78, 5) is 10.3. The third kappa shape index (κ3) is 5.38. The van der Waals surface area contributed by atoms with Crippen LogP contribution in [0, 0.1) is 0 Å². The SMILES string of the molecule is C=C(CNCC(C)(O)CC)C(=O)O. The Morgan fingerprint density at radius 3 is 2.54 bits per heavy atom. The predicted molar refractivity (Wildman–Crippen MR) is 50.6 cm³/mol. The molecule has 3 N–H and O–H groups in total. The molecular formula is C9H17NO3. The minimum Gasteiger partial charge on any atom is -0.478 e. The molecular weight excluding hydrogens is 170 g/mol. The lowest BCUT2D eigenvalue weighted by atomic mass is 10.0. The van der Waals surface area contributed by atoms with E-state index in [1.807, 2.05) is 6.92 Å². The number of aliphatic carboxylic acids is 1. The highest BCUT2D eigenvalue weighted by atomic mass is 16.4. The zero-order valence-electron chi connectivity index (χ0n) is 8.13. The molecule has 13 heavy (non-hydrogen) atoms. The van der Waals surface area contributed by atoms with E-state index in [-0.39, 0.29) is 12.1 Å². The molecule has 0 saturated carbocycles. The van der Waals surface area contributed by atoms with Crippen molar-refractivity contribution in [1.29, 1.82) is 0 Å². The summed E-state index contributed by atoms with van der Waals surface area (Å²) >= 11 is 0. The molecule has 0 saturated heterocycles. The molecule has 0 aliphatic heterocycles. The van der Waals surface area contributed by atoms with Gasteiger partial charge in [-0.05, 0) is 13.3 Å². The summed E-state index contributed by atoms with van der Waals surface area (Å²) in [5, 5.41) is 20.8. The fourth-order valence-corrected chi connectivity index (χ4v) is 0.683. The Bertz CT molecular complexity index is 199. The lowest BCUT2D eigenvalue weighted by Gasteiger charge is -2.21. The van der Waals surface area contributed by atoms with E-state index in [1.165, 1.54) is 0 Å². The van der Waals surface area contributed by atoms with Crippen molar-refractivity contribution < 1.29 is 15.0 Å². The first-order chi connectivity index (χ1) is 5.89. The van der Waals surface area contributed by atoms with Crippen molar-refractivity contribution >= 4 is 5.97 Å². The summed E-state index contributed by atoms with van der Waals surface area (Å²) in [6.45, 7) is 7.49. The molecule has 0 aliphatic carbocycles. The summed E-state index contributed by atoms with van der Waals surface area (Å²) in [5.41, 5.74) is -0.675. The number of carboxylic acid groups (broad SMARTS) is 1. The van der Waals surface area contributed by atoms with Crippen LogP contribution in [0.4, 0.5) is 0 Å². The average Bonchev–Trinajstić information content (AvgIpc) is 2.04. The van der Waals surface area contributed by atoms with Crippen LogP contribution in [0.15, 0.2) is 12.2 Å². The van der Waals surface area contributed by atoms with Crippen LogP contribution in [0.1, 0.15) is 20.3 Å². The van der Waals surface area contributed by atoms with Crippen LogP contribution in [0.25, 0.3) is 0 Å². The Balaban J connectivity index is 3.68. The van der Waals surface area contributed by atoms with Gasteiger partial charge in [0.15, 0.2) is 0 Å². The van der Waals surface area contributed by atoms with Crippen molar-refractivity contribution in [1.82, 2.24) is 5.32 Å². The van der Waals surface area contributed by atoms with Crippen LogP contribution in [-0.2, 0) is 4.79 Å². The van der Waals surface area contributed by atoms with E-state index >= 15 is 0 Å². The van der Waals surface area contributed by atoms with Gasteiger partial charge >= 0.3 is 5.97 Å². The molecule has 0 aromatic carbocycles. The Labute approximate surface area is 78.3 Å². The summed E-state index contributed by atoms with van der Waals surface area (Å²) < 4.78 is 0. The number of hydrogen-bond acceptors (Lipinski definition) is 3. The van der Waals surface area contributed by atoms with Crippen LogP contribution in [0.2, 0.25) is 0 Å². The third-order valence-electron chi connectivity index (χ3n) is 1.91. The Hall–Kier alpha value is -0.870. The summed E-state index contributed by atoms with van der Waals surface area (Å²) in [6, 6.07) is 0. The maximum Gasteiger partial charge on any atom is 0.332 e.